The van der Waals surface area contributed by atoms with Crippen LogP contribution in [0.2, 0.25) is 0 Å². The summed E-state index contributed by atoms with van der Waals surface area (Å²) in [5.74, 6) is 1.54. The Morgan fingerprint density at radius 2 is 1.15 bits per heavy atom. The monoisotopic (exact) mass is 609 g/mol. The summed E-state index contributed by atoms with van der Waals surface area (Å²) >= 11 is 0. The normalized spacial score (nSPS) is 16.8. The van der Waals surface area contributed by atoms with Crippen LogP contribution < -0.4 is 15.5 Å². The van der Waals surface area contributed by atoms with Gasteiger partial charge in [-0.25, -0.2) is 9.98 Å². The molecular formula is C42H35N5. The lowest BCUT2D eigenvalue weighted by Crippen LogP contribution is -2.33. The Kier molecular flexibility index (Phi) is 7.56. The molecule has 6 aromatic rings. The van der Waals surface area contributed by atoms with Gasteiger partial charge in [-0.05, 0) is 52.9 Å². The largest absolute Gasteiger partial charge is 0.363 e. The third-order valence-electron chi connectivity index (χ3n) is 8.94. The van der Waals surface area contributed by atoms with Crippen molar-refractivity contribution >= 4 is 28.7 Å². The first-order valence-corrected chi connectivity index (χ1v) is 16.2. The van der Waals surface area contributed by atoms with Gasteiger partial charge in [0.25, 0.3) is 0 Å². The summed E-state index contributed by atoms with van der Waals surface area (Å²) in [6.45, 7) is 2.22. The molecule has 228 valence electrons. The van der Waals surface area contributed by atoms with Crippen LogP contribution in [0.4, 0.5) is 17.1 Å². The van der Waals surface area contributed by atoms with Crippen LogP contribution in [0.15, 0.2) is 168 Å². The van der Waals surface area contributed by atoms with Crippen molar-refractivity contribution in [3.63, 3.8) is 0 Å². The first-order valence-electron chi connectivity index (χ1n) is 16.2. The molecule has 0 saturated carbocycles. The van der Waals surface area contributed by atoms with Crippen LogP contribution in [-0.4, -0.2) is 17.8 Å². The Bertz CT molecular complexity index is 2070. The molecular weight excluding hydrogens is 574 g/mol. The molecule has 2 atom stereocenters. The second-order valence-electron chi connectivity index (χ2n) is 11.9. The lowest BCUT2D eigenvalue weighted by Gasteiger charge is -2.26. The van der Waals surface area contributed by atoms with Crippen LogP contribution in [0, 0.1) is 0 Å². The fraction of sp³-hybridized carbons (Fsp3) is 0.0952. The molecule has 5 nitrogen and oxygen atoms in total. The number of para-hydroxylation sites is 2. The molecule has 0 fully saturated rings. The number of nitrogens with one attached hydrogen (secondary N) is 2. The maximum Gasteiger partial charge on any atom is 0.159 e. The lowest BCUT2D eigenvalue weighted by atomic mass is 9.95. The fourth-order valence-corrected chi connectivity index (χ4v) is 6.55. The Morgan fingerprint density at radius 3 is 1.87 bits per heavy atom. The molecule has 8 rings (SSSR count). The van der Waals surface area contributed by atoms with E-state index in [1.165, 1.54) is 28.2 Å². The molecule has 0 spiro atoms. The van der Waals surface area contributed by atoms with E-state index in [2.05, 4.69) is 144 Å². The van der Waals surface area contributed by atoms with Crippen molar-refractivity contribution < 1.29 is 0 Å². The van der Waals surface area contributed by atoms with Crippen molar-refractivity contribution in [2.24, 2.45) is 9.98 Å². The second kappa shape index (κ2) is 12.5. The highest BCUT2D eigenvalue weighted by atomic mass is 15.3. The average Bonchev–Trinajstić information content (AvgIpc) is 3.54. The van der Waals surface area contributed by atoms with Gasteiger partial charge < -0.3 is 15.5 Å². The average molecular weight is 610 g/mol. The van der Waals surface area contributed by atoms with Gasteiger partial charge >= 0.3 is 0 Å². The van der Waals surface area contributed by atoms with E-state index in [0.29, 0.717) is 0 Å². The first kappa shape index (κ1) is 28.5. The summed E-state index contributed by atoms with van der Waals surface area (Å²) < 4.78 is 0. The molecule has 6 aromatic carbocycles. The van der Waals surface area contributed by atoms with Crippen LogP contribution in [-0.2, 0) is 0 Å². The number of benzene rings is 6. The standard InChI is InChI=1S/C42H35N5/c1-2-39-43-37-19-11-12-20-38(37)47(39)34-27-25-30(26-28-34)29-21-23-31(24-22-29)35-17-9-10-18-36(35)42-45-40(32-13-5-3-6-14-32)44-41(46-42)33-15-7-4-8-16-33/h3-28,39,42-43H,2H2,1H3,(H,44,45,46). The zero-order valence-corrected chi connectivity index (χ0v) is 26.2. The van der Waals surface area contributed by atoms with Crippen molar-refractivity contribution in [1.29, 1.82) is 0 Å². The van der Waals surface area contributed by atoms with Gasteiger partial charge in [0.1, 0.15) is 18.2 Å². The highest BCUT2D eigenvalue weighted by molar-refractivity contribution is 6.13. The number of rotatable bonds is 7. The SMILES string of the molecule is CCC1Nc2ccccc2N1c1ccc(-c2ccc(-c3ccccc3C3N=C(c4ccccc4)N=C(c4ccccc4)N3)cc2)cc1. The topological polar surface area (TPSA) is 52.0 Å². The summed E-state index contributed by atoms with van der Waals surface area (Å²) in [5, 5.41) is 7.29. The number of fused-ring (bicyclic) bond motifs is 1. The molecule has 0 bridgehead atoms. The molecule has 2 heterocycles. The minimum atomic E-state index is -0.293. The Morgan fingerprint density at radius 1 is 0.553 bits per heavy atom. The highest BCUT2D eigenvalue weighted by Crippen LogP contribution is 2.41. The third kappa shape index (κ3) is 5.57. The van der Waals surface area contributed by atoms with Gasteiger partial charge in [-0.2, -0.15) is 0 Å². The van der Waals surface area contributed by atoms with Gasteiger partial charge in [-0.1, -0.05) is 140 Å². The minimum absolute atomic E-state index is 0.249. The van der Waals surface area contributed by atoms with E-state index in [4.69, 9.17) is 9.98 Å². The van der Waals surface area contributed by atoms with Gasteiger partial charge in [0, 0.05) is 22.4 Å². The zero-order chi connectivity index (χ0) is 31.6. The molecule has 0 aliphatic carbocycles. The van der Waals surface area contributed by atoms with Crippen molar-refractivity contribution in [1.82, 2.24) is 5.32 Å². The van der Waals surface area contributed by atoms with Crippen molar-refractivity contribution in [3.05, 3.63) is 174 Å². The molecule has 47 heavy (non-hydrogen) atoms. The Balaban J connectivity index is 1.09. The molecule has 2 N–H and O–H groups in total. The Labute approximate surface area is 276 Å². The van der Waals surface area contributed by atoms with Gasteiger partial charge in [0.2, 0.25) is 0 Å². The number of hydrogen-bond acceptors (Lipinski definition) is 5. The molecule has 0 amide bonds. The van der Waals surface area contributed by atoms with E-state index in [1.807, 2.05) is 36.4 Å². The van der Waals surface area contributed by atoms with Crippen molar-refractivity contribution in [2.45, 2.75) is 25.7 Å². The third-order valence-corrected chi connectivity index (χ3v) is 8.94. The van der Waals surface area contributed by atoms with E-state index in [9.17, 15) is 0 Å². The number of anilines is 3. The first-order chi connectivity index (χ1) is 23.2. The number of nitrogens with zero attached hydrogens (tertiary/aromatic N) is 3. The van der Waals surface area contributed by atoms with Crippen molar-refractivity contribution in [2.75, 3.05) is 10.2 Å². The van der Waals surface area contributed by atoms with Crippen molar-refractivity contribution in [3.8, 4) is 22.3 Å². The van der Waals surface area contributed by atoms with Crippen LogP contribution in [0.1, 0.15) is 36.2 Å². The summed E-state index contributed by atoms with van der Waals surface area (Å²) in [6, 6.07) is 55.3. The van der Waals surface area contributed by atoms with Crippen LogP contribution in [0.25, 0.3) is 22.3 Å². The molecule has 2 aliphatic heterocycles. The van der Waals surface area contributed by atoms with Crippen LogP contribution >= 0.6 is 0 Å². The fourth-order valence-electron chi connectivity index (χ4n) is 6.55. The number of hydrogen-bond donors (Lipinski definition) is 2. The predicted octanol–water partition coefficient (Wildman–Crippen LogP) is 9.82. The van der Waals surface area contributed by atoms with E-state index >= 15 is 0 Å². The maximum absolute atomic E-state index is 5.13. The molecule has 2 unspecified atom stereocenters. The molecule has 5 heteroatoms. The highest BCUT2D eigenvalue weighted by Gasteiger charge is 2.28. The van der Waals surface area contributed by atoms with Gasteiger partial charge in [0.15, 0.2) is 5.84 Å². The summed E-state index contributed by atoms with van der Waals surface area (Å²) in [4.78, 5) is 12.5. The zero-order valence-electron chi connectivity index (χ0n) is 26.2. The van der Waals surface area contributed by atoms with Gasteiger partial charge in [-0.3, -0.25) is 0 Å². The second-order valence-corrected chi connectivity index (χ2v) is 11.9. The maximum atomic E-state index is 5.13. The van der Waals surface area contributed by atoms with E-state index in [0.717, 1.165) is 45.9 Å². The minimum Gasteiger partial charge on any atom is -0.363 e. The number of aliphatic imine (C=N–C) groups is 2. The van der Waals surface area contributed by atoms with E-state index < -0.39 is 0 Å². The summed E-state index contributed by atoms with van der Waals surface area (Å²) in [6.07, 6.45) is 0.965. The van der Waals surface area contributed by atoms with Gasteiger partial charge in [-0.15, -0.1) is 0 Å². The molecule has 0 aromatic heterocycles. The van der Waals surface area contributed by atoms with E-state index in [-0.39, 0.29) is 12.3 Å². The smallest absolute Gasteiger partial charge is 0.159 e. The molecule has 0 saturated heterocycles. The van der Waals surface area contributed by atoms with Crippen LogP contribution in [0.5, 0.6) is 0 Å². The quantitative estimate of drug-likeness (QED) is 0.189. The van der Waals surface area contributed by atoms with E-state index in [1.54, 1.807) is 0 Å². The van der Waals surface area contributed by atoms with Crippen LogP contribution in [0.3, 0.4) is 0 Å². The summed E-state index contributed by atoms with van der Waals surface area (Å²) in [7, 11) is 0. The summed E-state index contributed by atoms with van der Waals surface area (Å²) in [5.41, 5.74) is 11.4. The molecule has 0 radical (unpaired) electrons. The Hall–Kier alpha value is -5.94. The molecule has 2 aliphatic rings. The van der Waals surface area contributed by atoms with Gasteiger partial charge in [0.05, 0.1) is 11.4 Å². The predicted molar refractivity (Wildman–Crippen MR) is 195 cm³/mol. The lowest BCUT2D eigenvalue weighted by molar-refractivity contribution is 0.676. The number of amidine groups is 2.